The van der Waals surface area contributed by atoms with Crippen LogP contribution in [0.1, 0.15) is 50.3 Å². The second-order valence-corrected chi connectivity index (χ2v) is 6.28. The molecule has 2 heteroatoms. The Morgan fingerprint density at radius 2 is 1.95 bits per heavy atom. The van der Waals surface area contributed by atoms with Gasteiger partial charge in [0.15, 0.2) is 0 Å². The Labute approximate surface area is 117 Å². The first-order valence-electron chi connectivity index (χ1n) is 7.43. The molecule has 1 aromatic carbocycles. The number of rotatable bonds is 3. The first kappa shape index (κ1) is 14.4. The number of hydrogen-bond acceptors (Lipinski definition) is 2. The zero-order chi connectivity index (χ0) is 14.0. The summed E-state index contributed by atoms with van der Waals surface area (Å²) in [6.45, 7) is 6.81. The molecular formula is C17H27NO. The maximum Gasteiger partial charge on any atom is 0.121 e. The minimum Gasteiger partial charge on any atom is -0.496 e. The predicted molar refractivity (Wildman–Crippen MR) is 80.3 cm³/mol. The molecule has 1 saturated carbocycles. The van der Waals surface area contributed by atoms with Crippen LogP contribution in [-0.4, -0.2) is 7.11 Å². The highest BCUT2D eigenvalue weighted by Crippen LogP contribution is 2.39. The van der Waals surface area contributed by atoms with Gasteiger partial charge in [-0.25, -0.2) is 0 Å². The summed E-state index contributed by atoms with van der Waals surface area (Å²) in [5.41, 5.74) is 8.93. The number of aryl methyl sites for hydroxylation is 1. The highest BCUT2D eigenvalue weighted by atomic mass is 16.5. The Morgan fingerprint density at radius 3 is 2.53 bits per heavy atom. The quantitative estimate of drug-likeness (QED) is 0.890. The van der Waals surface area contributed by atoms with Crippen molar-refractivity contribution < 1.29 is 4.74 Å². The normalized spacial score (nSPS) is 29.0. The van der Waals surface area contributed by atoms with E-state index in [1.807, 2.05) is 6.07 Å². The molecule has 0 heterocycles. The minimum absolute atomic E-state index is 0.166. The van der Waals surface area contributed by atoms with Gasteiger partial charge >= 0.3 is 0 Å². The third-order valence-corrected chi connectivity index (χ3v) is 4.95. The van der Waals surface area contributed by atoms with Gasteiger partial charge in [0, 0.05) is 6.04 Å². The maximum absolute atomic E-state index is 6.50. The van der Waals surface area contributed by atoms with E-state index in [0.717, 1.165) is 17.6 Å². The van der Waals surface area contributed by atoms with Crippen molar-refractivity contribution in [1.29, 1.82) is 0 Å². The molecule has 1 aliphatic rings. The van der Waals surface area contributed by atoms with E-state index < -0.39 is 0 Å². The van der Waals surface area contributed by atoms with E-state index in [1.54, 1.807) is 7.11 Å². The van der Waals surface area contributed by atoms with Crippen LogP contribution in [0.5, 0.6) is 5.75 Å². The fourth-order valence-electron chi connectivity index (χ4n) is 3.30. The van der Waals surface area contributed by atoms with E-state index in [9.17, 15) is 0 Å². The van der Waals surface area contributed by atoms with Crippen molar-refractivity contribution in [3.05, 3.63) is 29.3 Å². The van der Waals surface area contributed by atoms with Crippen molar-refractivity contribution in [2.45, 2.75) is 46.1 Å². The fourth-order valence-corrected chi connectivity index (χ4v) is 3.30. The van der Waals surface area contributed by atoms with Crippen molar-refractivity contribution in [3.63, 3.8) is 0 Å². The van der Waals surface area contributed by atoms with Crippen LogP contribution in [0, 0.1) is 24.7 Å². The summed E-state index contributed by atoms with van der Waals surface area (Å²) >= 11 is 0. The predicted octanol–water partition coefficient (Wildman–Crippen LogP) is 4.08. The smallest absolute Gasteiger partial charge is 0.121 e. The molecule has 0 spiro atoms. The number of ether oxygens (including phenoxy) is 1. The standard InChI is InChI=1S/C17H27NO/c1-11-5-6-14(9-12(11)2)17(18)15-7-8-16(19-4)13(3)10-15/h7-8,10-12,14,17H,5-6,9,18H2,1-4H3. The van der Waals surface area contributed by atoms with Gasteiger partial charge in [-0.1, -0.05) is 32.4 Å². The lowest BCUT2D eigenvalue weighted by atomic mass is 9.72. The molecule has 2 N–H and O–H groups in total. The fraction of sp³-hybridized carbons (Fsp3) is 0.647. The molecule has 19 heavy (non-hydrogen) atoms. The third kappa shape index (κ3) is 3.11. The number of nitrogens with two attached hydrogens (primary N) is 1. The van der Waals surface area contributed by atoms with Crippen molar-refractivity contribution in [2.75, 3.05) is 7.11 Å². The van der Waals surface area contributed by atoms with Crippen LogP contribution < -0.4 is 10.5 Å². The third-order valence-electron chi connectivity index (χ3n) is 4.95. The monoisotopic (exact) mass is 261 g/mol. The van der Waals surface area contributed by atoms with Crippen LogP contribution in [0.2, 0.25) is 0 Å². The van der Waals surface area contributed by atoms with E-state index in [-0.39, 0.29) is 6.04 Å². The lowest BCUT2D eigenvalue weighted by Crippen LogP contribution is -2.29. The second kappa shape index (κ2) is 5.96. The summed E-state index contributed by atoms with van der Waals surface area (Å²) < 4.78 is 5.32. The Kier molecular flexibility index (Phi) is 4.51. The van der Waals surface area contributed by atoms with E-state index in [4.69, 9.17) is 10.5 Å². The molecule has 1 fully saturated rings. The van der Waals surface area contributed by atoms with Crippen molar-refractivity contribution in [2.24, 2.45) is 23.5 Å². The molecule has 1 aliphatic carbocycles. The van der Waals surface area contributed by atoms with Crippen LogP contribution >= 0.6 is 0 Å². The Balaban J connectivity index is 2.11. The molecule has 0 aromatic heterocycles. The summed E-state index contributed by atoms with van der Waals surface area (Å²) in [5.74, 6) is 3.21. The van der Waals surface area contributed by atoms with Gasteiger partial charge in [0.2, 0.25) is 0 Å². The lowest BCUT2D eigenvalue weighted by molar-refractivity contribution is 0.186. The van der Waals surface area contributed by atoms with Crippen molar-refractivity contribution >= 4 is 0 Å². The van der Waals surface area contributed by atoms with Gasteiger partial charge in [0.05, 0.1) is 7.11 Å². The summed E-state index contributed by atoms with van der Waals surface area (Å²) in [6.07, 6.45) is 3.83. The highest BCUT2D eigenvalue weighted by molar-refractivity contribution is 5.37. The van der Waals surface area contributed by atoms with Crippen LogP contribution in [0.15, 0.2) is 18.2 Å². The van der Waals surface area contributed by atoms with Crippen LogP contribution in [0.3, 0.4) is 0 Å². The minimum atomic E-state index is 0.166. The summed E-state index contributed by atoms with van der Waals surface area (Å²) in [7, 11) is 1.71. The lowest BCUT2D eigenvalue weighted by Gasteiger charge is -2.35. The largest absolute Gasteiger partial charge is 0.496 e. The molecule has 0 saturated heterocycles. The number of benzene rings is 1. The SMILES string of the molecule is COc1ccc(C(N)C2CCC(C)C(C)C2)cc1C. The molecule has 4 unspecified atom stereocenters. The highest BCUT2D eigenvalue weighted by Gasteiger charge is 2.29. The number of methoxy groups -OCH3 is 1. The van der Waals surface area contributed by atoms with Crippen LogP contribution in [0.25, 0.3) is 0 Å². The van der Waals surface area contributed by atoms with Gasteiger partial charge in [0.25, 0.3) is 0 Å². The second-order valence-electron chi connectivity index (χ2n) is 6.28. The molecule has 1 aromatic rings. The van der Waals surface area contributed by atoms with Crippen LogP contribution in [0.4, 0.5) is 0 Å². The Hall–Kier alpha value is -1.02. The van der Waals surface area contributed by atoms with Gasteiger partial charge in [-0.2, -0.15) is 0 Å². The molecule has 0 radical (unpaired) electrons. The van der Waals surface area contributed by atoms with Crippen molar-refractivity contribution in [1.82, 2.24) is 0 Å². The van der Waals surface area contributed by atoms with Crippen LogP contribution in [-0.2, 0) is 0 Å². The van der Waals surface area contributed by atoms with Gasteiger partial charge in [0.1, 0.15) is 5.75 Å². The first-order valence-corrected chi connectivity index (χ1v) is 7.43. The van der Waals surface area contributed by atoms with E-state index in [1.165, 1.54) is 30.4 Å². The van der Waals surface area contributed by atoms with Gasteiger partial charge in [-0.15, -0.1) is 0 Å². The molecule has 4 atom stereocenters. The molecule has 0 amide bonds. The Morgan fingerprint density at radius 1 is 1.21 bits per heavy atom. The zero-order valence-electron chi connectivity index (χ0n) is 12.6. The van der Waals surface area contributed by atoms with E-state index >= 15 is 0 Å². The molecule has 106 valence electrons. The summed E-state index contributed by atoms with van der Waals surface area (Å²) in [6, 6.07) is 6.52. The molecule has 2 rings (SSSR count). The number of hydrogen-bond donors (Lipinski definition) is 1. The van der Waals surface area contributed by atoms with Gasteiger partial charge in [-0.05, 0) is 54.7 Å². The average molecular weight is 261 g/mol. The van der Waals surface area contributed by atoms with E-state index in [2.05, 4.69) is 32.9 Å². The topological polar surface area (TPSA) is 35.2 Å². The maximum atomic E-state index is 6.50. The molecule has 2 nitrogen and oxygen atoms in total. The van der Waals surface area contributed by atoms with Gasteiger partial charge < -0.3 is 10.5 Å². The Bertz CT molecular complexity index is 429. The molecule has 0 aliphatic heterocycles. The van der Waals surface area contributed by atoms with Crippen molar-refractivity contribution in [3.8, 4) is 5.75 Å². The summed E-state index contributed by atoms with van der Waals surface area (Å²) in [4.78, 5) is 0. The first-order chi connectivity index (χ1) is 9.02. The summed E-state index contributed by atoms with van der Waals surface area (Å²) in [5, 5.41) is 0. The van der Waals surface area contributed by atoms with E-state index in [0.29, 0.717) is 5.92 Å². The van der Waals surface area contributed by atoms with Gasteiger partial charge in [-0.3, -0.25) is 0 Å². The molecular weight excluding hydrogens is 234 g/mol. The zero-order valence-corrected chi connectivity index (χ0v) is 12.6. The average Bonchev–Trinajstić information content (AvgIpc) is 2.41. The molecule has 0 bridgehead atoms.